The normalized spacial score (nSPS) is 27.5. The Balaban J connectivity index is 1.50. The van der Waals surface area contributed by atoms with Crippen LogP contribution in [-0.2, 0) is 22.5 Å². The summed E-state index contributed by atoms with van der Waals surface area (Å²) in [5.41, 5.74) is 11.1. The molecule has 4 N–H and O–H groups in total. The first kappa shape index (κ1) is 33.2. The fraction of sp³-hybridized carbons (Fsp3) is 0.629. The van der Waals surface area contributed by atoms with Crippen LogP contribution in [0.3, 0.4) is 0 Å². The molecule has 1 spiro atoms. The Kier molecular flexibility index (Phi) is 10.5. The average molecular weight is 596 g/mol. The lowest BCUT2D eigenvalue weighted by Gasteiger charge is -2.49. The van der Waals surface area contributed by atoms with Crippen molar-refractivity contribution >= 4 is 11.6 Å². The van der Waals surface area contributed by atoms with E-state index in [1.165, 1.54) is 0 Å². The lowest BCUT2D eigenvalue weighted by atomic mass is 9.66. The van der Waals surface area contributed by atoms with Crippen LogP contribution < -0.4 is 16.0 Å². The van der Waals surface area contributed by atoms with Crippen molar-refractivity contribution < 1.29 is 24.2 Å². The van der Waals surface area contributed by atoms with E-state index in [2.05, 4.69) is 51.9 Å². The number of ether oxygens (including phenoxy) is 3. The van der Waals surface area contributed by atoms with Gasteiger partial charge in [0.15, 0.2) is 12.0 Å². The van der Waals surface area contributed by atoms with E-state index in [4.69, 9.17) is 19.9 Å². The fourth-order valence-corrected chi connectivity index (χ4v) is 7.38. The van der Waals surface area contributed by atoms with Crippen LogP contribution in [-0.4, -0.2) is 47.7 Å². The molecular weight excluding hydrogens is 542 g/mol. The highest BCUT2D eigenvalue weighted by Crippen LogP contribution is 2.58. The molecule has 4 rings (SSSR count). The lowest BCUT2D eigenvalue weighted by molar-refractivity contribution is -0.194. The van der Waals surface area contributed by atoms with Gasteiger partial charge in [-0.05, 0) is 72.5 Å². The zero-order valence-electron chi connectivity index (χ0n) is 27.4. The summed E-state index contributed by atoms with van der Waals surface area (Å²) in [6.45, 7) is 17.0. The van der Waals surface area contributed by atoms with Crippen molar-refractivity contribution in [1.82, 2.24) is 4.90 Å². The Morgan fingerprint density at radius 1 is 1.21 bits per heavy atom. The van der Waals surface area contributed by atoms with Crippen molar-refractivity contribution in [2.75, 3.05) is 19.1 Å². The molecule has 8 nitrogen and oxygen atoms in total. The van der Waals surface area contributed by atoms with E-state index in [1.54, 1.807) is 13.2 Å². The molecule has 43 heavy (non-hydrogen) atoms. The second-order valence-electron chi connectivity index (χ2n) is 13.3. The number of carbonyl (C=O) groups excluding carboxylic acids is 1. The van der Waals surface area contributed by atoms with Gasteiger partial charge in [0.25, 0.3) is 5.91 Å². The van der Waals surface area contributed by atoms with Gasteiger partial charge in [0.1, 0.15) is 12.4 Å². The molecule has 2 aliphatic heterocycles. The minimum Gasteiger partial charge on any atom is -0.489 e. The number of carbonyl (C=O) groups is 1. The van der Waals surface area contributed by atoms with Gasteiger partial charge >= 0.3 is 0 Å². The summed E-state index contributed by atoms with van der Waals surface area (Å²) in [7, 11) is 1.79. The first-order valence-electron chi connectivity index (χ1n) is 15.9. The molecular formula is C35H53N3O5. The van der Waals surface area contributed by atoms with Gasteiger partial charge in [-0.25, -0.2) is 4.90 Å². The van der Waals surface area contributed by atoms with Crippen molar-refractivity contribution in [3.05, 3.63) is 58.7 Å². The van der Waals surface area contributed by atoms with Crippen molar-refractivity contribution in [2.24, 2.45) is 28.9 Å². The number of nitrogens with one attached hydrogen (secondary N) is 1. The number of anilines is 1. The lowest BCUT2D eigenvalue weighted by Crippen LogP contribution is -2.51. The number of hydrogen-bond acceptors (Lipinski definition) is 7. The van der Waals surface area contributed by atoms with E-state index >= 15 is 0 Å². The van der Waals surface area contributed by atoms with Gasteiger partial charge in [0.05, 0.1) is 17.4 Å². The number of rotatable bonds is 14. The van der Waals surface area contributed by atoms with Crippen molar-refractivity contribution in [2.45, 2.75) is 105 Å². The smallest absolute Gasteiger partial charge is 0.251 e. The maximum Gasteiger partial charge on any atom is 0.251 e. The molecule has 1 amide bonds. The number of likely N-dealkylation sites (N-methyl/N-ethyl adjacent to an activating group) is 1. The van der Waals surface area contributed by atoms with Crippen LogP contribution in [0, 0.1) is 30.1 Å². The zero-order chi connectivity index (χ0) is 31.5. The average Bonchev–Trinajstić information content (AvgIpc) is 3.61. The Hall–Kier alpha value is -2.65. The van der Waals surface area contributed by atoms with Crippen LogP contribution in [0.5, 0.6) is 5.75 Å². The summed E-state index contributed by atoms with van der Waals surface area (Å²) in [6, 6.07) is 11.6. The van der Waals surface area contributed by atoms with Crippen LogP contribution in [0.2, 0.25) is 0 Å². The fourth-order valence-electron chi connectivity index (χ4n) is 7.38. The monoisotopic (exact) mass is 595 g/mol. The van der Waals surface area contributed by atoms with Gasteiger partial charge in [-0.2, -0.15) is 0 Å². The second-order valence-corrected chi connectivity index (χ2v) is 13.3. The van der Waals surface area contributed by atoms with E-state index in [1.807, 2.05) is 37.3 Å². The summed E-state index contributed by atoms with van der Waals surface area (Å²) in [6.07, 6.45) is 4.70. The third kappa shape index (κ3) is 6.58. The number of benzene rings is 2. The number of hydrogen-bond donors (Lipinski definition) is 3. The van der Waals surface area contributed by atoms with Gasteiger partial charge in [0.2, 0.25) is 0 Å². The van der Waals surface area contributed by atoms with Crippen LogP contribution in [0.1, 0.15) is 94.3 Å². The molecule has 0 bridgehead atoms. The highest BCUT2D eigenvalue weighted by atomic mass is 16.6. The van der Waals surface area contributed by atoms with Gasteiger partial charge in [-0.1, -0.05) is 78.3 Å². The molecule has 8 heteroatoms. The topological polar surface area (TPSA) is 106 Å². The van der Waals surface area contributed by atoms with Gasteiger partial charge in [-0.15, -0.1) is 0 Å². The number of nitrogens with zero attached hydrogens (tertiary/aromatic N) is 1. The molecule has 0 aromatic heterocycles. The van der Waals surface area contributed by atoms with Crippen LogP contribution >= 0.6 is 0 Å². The predicted octanol–water partition coefficient (Wildman–Crippen LogP) is 6.91. The molecule has 7 atom stereocenters. The standard InChI is InChI=1S/C35H53N3O5/c1-9-26-20-35(33(41-8)38(35)10-2)43-30(34(26,6)7)18-23(4)22(3)16-17-27-24(5)29(19-28(37-40)31(27)32(36)39)42-21-25-14-12-11-13-15-25/h11-15,19,22-23,26,30,33,37,40H,9-10,16-18,20-21H2,1-8H3,(H2,36,39). The van der Waals surface area contributed by atoms with E-state index in [0.29, 0.717) is 42.1 Å². The van der Waals surface area contributed by atoms with Crippen LogP contribution in [0.25, 0.3) is 0 Å². The van der Waals surface area contributed by atoms with Crippen LogP contribution in [0.4, 0.5) is 5.69 Å². The Morgan fingerprint density at radius 3 is 2.47 bits per heavy atom. The number of amides is 1. The molecule has 0 saturated carbocycles. The molecule has 0 aliphatic carbocycles. The van der Waals surface area contributed by atoms with E-state index < -0.39 is 5.91 Å². The van der Waals surface area contributed by atoms with Gasteiger partial charge in [0, 0.05) is 19.7 Å². The first-order chi connectivity index (χ1) is 20.4. The summed E-state index contributed by atoms with van der Waals surface area (Å²) in [4.78, 5) is 14.9. The molecule has 2 saturated heterocycles. The van der Waals surface area contributed by atoms with Gasteiger partial charge in [-0.3, -0.25) is 15.5 Å². The molecule has 238 valence electrons. The molecule has 2 aromatic carbocycles. The quantitative estimate of drug-likeness (QED) is 0.161. The summed E-state index contributed by atoms with van der Waals surface area (Å²) in [5, 5.41) is 9.91. The predicted molar refractivity (Wildman–Crippen MR) is 170 cm³/mol. The van der Waals surface area contributed by atoms with Crippen molar-refractivity contribution in [3.63, 3.8) is 0 Å². The Bertz CT molecular complexity index is 1240. The third-order valence-corrected chi connectivity index (χ3v) is 10.6. The highest BCUT2D eigenvalue weighted by molar-refractivity contribution is 6.00. The molecule has 7 unspecified atom stereocenters. The SMILES string of the molecule is CCC1CC2(OC(CC(C)C(C)CCc3c(C)c(OCc4ccccc4)cc(NO)c3C(N)=O)C1(C)C)C(OC)N2CC. The molecule has 0 radical (unpaired) electrons. The second kappa shape index (κ2) is 13.6. The van der Waals surface area contributed by atoms with Crippen LogP contribution in [0.15, 0.2) is 36.4 Å². The molecule has 2 aromatic rings. The van der Waals surface area contributed by atoms with Gasteiger partial charge < -0.3 is 19.9 Å². The molecule has 2 heterocycles. The molecule has 2 fully saturated rings. The number of primary amides is 1. The van der Waals surface area contributed by atoms with Crippen molar-refractivity contribution in [3.8, 4) is 5.75 Å². The Morgan fingerprint density at radius 2 is 1.91 bits per heavy atom. The summed E-state index contributed by atoms with van der Waals surface area (Å²) < 4.78 is 19.0. The summed E-state index contributed by atoms with van der Waals surface area (Å²) in [5.74, 6) is 1.34. The Labute approximate surface area is 258 Å². The maximum atomic E-state index is 12.6. The highest BCUT2D eigenvalue weighted by Gasteiger charge is 2.69. The minimum absolute atomic E-state index is 0.0267. The molecule has 2 aliphatic rings. The van der Waals surface area contributed by atoms with E-state index in [-0.39, 0.29) is 29.2 Å². The maximum absolute atomic E-state index is 12.6. The summed E-state index contributed by atoms with van der Waals surface area (Å²) >= 11 is 0. The third-order valence-electron chi connectivity index (χ3n) is 10.6. The number of methoxy groups -OCH3 is 1. The minimum atomic E-state index is -0.573. The first-order valence-corrected chi connectivity index (χ1v) is 15.9. The van der Waals surface area contributed by atoms with Crippen molar-refractivity contribution in [1.29, 1.82) is 0 Å². The van der Waals surface area contributed by atoms with E-state index in [9.17, 15) is 10.0 Å². The van der Waals surface area contributed by atoms with E-state index in [0.717, 1.165) is 48.9 Å². The largest absolute Gasteiger partial charge is 0.489 e. The zero-order valence-corrected chi connectivity index (χ0v) is 27.4. The number of nitrogens with two attached hydrogens (primary N) is 1.